The zero-order valence-corrected chi connectivity index (χ0v) is 17.3. The number of sulfonamides is 1. The molecule has 10 nitrogen and oxygen atoms in total. The van der Waals surface area contributed by atoms with Gasteiger partial charge in [-0.2, -0.15) is 0 Å². The molecule has 4 rings (SSSR count). The van der Waals surface area contributed by atoms with Gasteiger partial charge in [0.05, 0.1) is 11.5 Å². The molecule has 0 saturated carbocycles. The summed E-state index contributed by atoms with van der Waals surface area (Å²) in [6.45, 7) is 7.01. The van der Waals surface area contributed by atoms with E-state index in [0.717, 1.165) is 0 Å². The Morgan fingerprint density at radius 3 is 2.34 bits per heavy atom. The van der Waals surface area contributed by atoms with Gasteiger partial charge in [-0.05, 0) is 52.0 Å². The number of nitrogens with one attached hydrogen (secondary N) is 1. The number of carbonyl (C=O) groups is 1. The van der Waals surface area contributed by atoms with E-state index in [2.05, 4.69) is 5.32 Å². The van der Waals surface area contributed by atoms with Crippen LogP contribution in [0.4, 0.5) is 5.69 Å². The summed E-state index contributed by atoms with van der Waals surface area (Å²) in [6, 6.07) is 5.44. The predicted octanol–water partition coefficient (Wildman–Crippen LogP) is 0.671. The van der Waals surface area contributed by atoms with Crippen molar-refractivity contribution in [2.24, 2.45) is 5.14 Å². The largest absolute Gasteiger partial charge is 0.342 e. The van der Waals surface area contributed by atoms with Crippen LogP contribution in [0.3, 0.4) is 0 Å². The first kappa shape index (κ1) is 20.7. The smallest absolute Gasteiger partial charge is 0.287 e. The summed E-state index contributed by atoms with van der Waals surface area (Å²) in [5.74, 6) is -4.27. The summed E-state index contributed by atoms with van der Waals surface area (Å²) < 4.78 is 52.4. The lowest BCUT2D eigenvalue weighted by molar-refractivity contribution is -0.264. The number of ether oxygens (including phenoxy) is 5. The van der Waals surface area contributed by atoms with Crippen molar-refractivity contribution >= 4 is 21.6 Å². The normalized spacial score (nSPS) is 35.0. The highest BCUT2D eigenvalue weighted by molar-refractivity contribution is 7.89. The Bertz CT molecular complexity index is 930. The molecular weight excluding hydrogens is 404 g/mol. The van der Waals surface area contributed by atoms with Crippen LogP contribution in [-0.2, 0) is 38.5 Å². The fourth-order valence-corrected chi connectivity index (χ4v) is 4.38. The zero-order valence-electron chi connectivity index (χ0n) is 16.5. The number of benzene rings is 1. The quantitative estimate of drug-likeness (QED) is 0.717. The lowest BCUT2D eigenvalue weighted by atomic mass is 9.96. The first-order valence-electron chi connectivity index (χ1n) is 9.13. The molecule has 3 heterocycles. The summed E-state index contributed by atoms with van der Waals surface area (Å²) in [7, 11) is -3.83. The first-order chi connectivity index (χ1) is 13.3. The molecule has 11 heteroatoms. The highest BCUT2D eigenvalue weighted by atomic mass is 32.2. The Labute approximate surface area is 168 Å². The fourth-order valence-electron chi connectivity index (χ4n) is 3.87. The van der Waals surface area contributed by atoms with Gasteiger partial charge in [0.15, 0.2) is 17.7 Å². The standard InChI is InChI=1S/C18H24N2O8S/c1-16(2)25-12-9-24-18(14(13(12)26-16)27-17(3,4)28-18)15(21)20-10-5-7-11(8-6-10)29(19,22)23/h5-8,12-14H,9H2,1-4H3,(H,20,21)(H2,19,22,23). The molecule has 0 radical (unpaired) electrons. The van der Waals surface area contributed by atoms with E-state index in [9.17, 15) is 13.2 Å². The maximum absolute atomic E-state index is 13.2. The van der Waals surface area contributed by atoms with Gasteiger partial charge in [0.1, 0.15) is 12.2 Å². The molecule has 4 unspecified atom stereocenters. The first-order valence-corrected chi connectivity index (χ1v) is 10.7. The van der Waals surface area contributed by atoms with E-state index in [1.54, 1.807) is 27.7 Å². The molecule has 3 N–H and O–H groups in total. The number of primary sulfonamides is 1. The molecule has 3 fully saturated rings. The average molecular weight is 428 g/mol. The van der Waals surface area contributed by atoms with Crippen LogP contribution in [0, 0.1) is 0 Å². The molecule has 3 saturated heterocycles. The van der Waals surface area contributed by atoms with Crippen molar-refractivity contribution in [2.75, 3.05) is 11.9 Å². The second-order valence-corrected chi connectivity index (χ2v) is 9.74. The van der Waals surface area contributed by atoms with Gasteiger partial charge in [0.2, 0.25) is 10.0 Å². The van der Waals surface area contributed by atoms with Gasteiger partial charge in [-0.15, -0.1) is 0 Å². The minimum absolute atomic E-state index is 0.0661. The molecule has 1 amide bonds. The Kier molecular flexibility index (Phi) is 4.59. The van der Waals surface area contributed by atoms with Crippen molar-refractivity contribution in [1.29, 1.82) is 0 Å². The Morgan fingerprint density at radius 1 is 1.07 bits per heavy atom. The third kappa shape index (κ3) is 3.67. The van der Waals surface area contributed by atoms with Crippen molar-refractivity contribution in [3.63, 3.8) is 0 Å². The molecule has 1 aromatic carbocycles. The molecule has 160 valence electrons. The predicted molar refractivity (Wildman–Crippen MR) is 99.0 cm³/mol. The summed E-state index contributed by atoms with van der Waals surface area (Å²) in [4.78, 5) is 13.1. The lowest BCUT2D eigenvalue weighted by Crippen LogP contribution is -2.63. The molecule has 0 bridgehead atoms. The van der Waals surface area contributed by atoms with Crippen molar-refractivity contribution in [3.8, 4) is 0 Å². The van der Waals surface area contributed by atoms with E-state index in [0.29, 0.717) is 5.69 Å². The molecule has 3 aliphatic rings. The lowest BCUT2D eigenvalue weighted by Gasteiger charge is -2.39. The Hall–Kier alpha value is -1.60. The van der Waals surface area contributed by atoms with Crippen molar-refractivity contribution < 1.29 is 36.9 Å². The van der Waals surface area contributed by atoms with Crippen molar-refractivity contribution in [2.45, 2.75) is 68.3 Å². The van der Waals surface area contributed by atoms with E-state index in [1.165, 1.54) is 24.3 Å². The van der Waals surface area contributed by atoms with Crippen LogP contribution in [0.1, 0.15) is 27.7 Å². The maximum atomic E-state index is 13.2. The van der Waals surface area contributed by atoms with Crippen LogP contribution in [-0.4, -0.2) is 56.6 Å². The molecule has 4 atom stereocenters. The molecule has 3 aliphatic heterocycles. The Balaban J connectivity index is 1.60. The van der Waals surface area contributed by atoms with Gasteiger partial charge in [-0.3, -0.25) is 4.79 Å². The number of carbonyl (C=O) groups excluding carboxylic acids is 1. The van der Waals surface area contributed by atoms with Crippen molar-refractivity contribution in [3.05, 3.63) is 24.3 Å². The van der Waals surface area contributed by atoms with E-state index in [4.69, 9.17) is 28.8 Å². The number of hydrogen-bond donors (Lipinski definition) is 2. The molecule has 1 aromatic rings. The highest BCUT2D eigenvalue weighted by Crippen LogP contribution is 2.47. The highest BCUT2D eigenvalue weighted by Gasteiger charge is 2.68. The van der Waals surface area contributed by atoms with Crippen LogP contribution in [0.5, 0.6) is 0 Å². The number of hydrogen-bond acceptors (Lipinski definition) is 8. The molecule has 0 spiro atoms. The number of nitrogens with two attached hydrogens (primary N) is 1. The van der Waals surface area contributed by atoms with Gasteiger partial charge in [0.25, 0.3) is 11.7 Å². The average Bonchev–Trinajstić information content (AvgIpc) is 3.06. The SMILES string of the molecule is CC1(C)OC2COC3(C(=O)Nc4ccc(S(N)(=O)=O)cc4)OC(C)(C)OC3C2O1. The summed E-state index contributed by atoms with van der Waals surface area (Å²) >= 11 is 0. The van der Waals surface area contributed by atoms with Gasteiger partial charge in [0, 0.05) is 5.69 Å². The van der Waals surface area contributed by atoms with Crippen LogP contribution in [0.2, 0.25) is 0 Å². The number of anilines is 1. The number of amides is 1. The second kappa shape index (κ2) is 6.45. The topological polar surface area (TPSA) is 135 Å². The van der Waals surface area contributed by atoms with E-state index in [-0.39, 0.29) is 11.5 Å². The van der Waals surface area contributed by atoms with Gasteiger partial charge >= 0.3 is 0 Å². The Morgan fingerprint density at radius 2 is 1.72 bits per heavy atom. The van der Waals surface area contributed by atoms with Crippen molar-refractivity contribution in [1.82, 2.24) is 0 Å². The monoisotopic (exact) mass is 428 g/mol. The number of rotatable bonds is 3. The van der Waals surface area contributed by atoms with Gasteiger partial charge < -0.3 is 29.0 Å². The molecular formula is C18H24N2O8S. The maximum Gasteiger partial charge on any atom is 0.287 e. The second-order valence-electron chi connectivity index (χ2n) is 8.18. The van der Waals surface area contributed by atoms with Crippen LogP contribution < -0.4 is 10.5 Å². The van der Waals surface area contributed by atoms with Crippen LogP contribution in [0.15, 0.2) is 29.2 Å². The summed E-state index contributed by atoms with van der Waals surface area (Å²) in [5.41, 5.74) is 0.346. The third-order valence-corrected chi connectivity index (χ3v) is 5.85. The van der Waals surface area contributed by atoms with Crippen LogP contribution in [0.25, 0.3) is 0 Å². The fraction of sp³-hybridized carbons (Fsp3) is 0.611. The minimum Gasteiger partial charge on any atom is -0.342 e. The van der Waals surface area contributed by atoms with Gasteiger partial charge in [-0.25, -0.2) is 13.6 Å². The third-order valence-electron chi connectivity index (χ3n) is 4.92. The molecule has 0 aliphatic carbocycles. The summed E-state index contributed by atoms with van der Waals surface area (Å²) in [6.07, 6.45) is -1.82. The molecule has 29 heavy (non-hydrogen) atoms. The van der Waals surface area contributed by atoms with E-state index < -0.39 is 51.6 Å². The zero-order chi connectivity index (χ0) is 21.2. The van der Waals surface area contributed by atoms with E-state index in [1.807, 2.05) is 0 Å². The number of fused-ring (bicyclic) bond motifs is 3. The van der Waals surface area contributed by atoms with Gasteiger partial charge in [-0.1, -0.05) is 0 Å². The van der Waals surface area contributed by atoms with Crippen LogP contribution >= 0.6 is 0 Å². The van der Waals surface area contributed by atoms with E-state index >= 15 is 0 Å². The minimum atomic E-state index is -3.83. The molecule has 0 aromatic heterocycles. The summed E-state index contributed by atoms with van der Waals surface area (Å²) in [5, 5.41) is 7.79.